The van der Waals surface area contributed by atoms with Gasteiger partial charge in [0.15, 0.2) is 0 Å². The molecule has 1 aliphatic carbocycles. The number of anilines is 1. The van der Waals surface area contributed by atoms with E-state index in [-0.39, 0.29) is 11.8 Å². The van der Waals surface area contributed by atoms with Gasteiger partial charge in [-0.2, -0.15) is 13.2 Å². The highest BCUT2D eigenvalue weighted by Crippen LogP contribution is 2.47. The van der Waals surface area contributed by atoms with Crippen molar-refractivity contribution in [3.63, 3.8) is 0 Å². The normalized spacial score (nSPS) is 17.5. The molecule has 0 bridgehead atoms. The van der Waals surface area contributed by atoms with E-state index in [0.717, 1.165) is 28.3 Å². The van der Waals surface area contributed by atoms with Gasteiger partial charge in [0, 0.05) is 18.2 Å². The standard InChI is InChI=1S/C25H23F3N2O2/c26-25(27,28)16-30-24(31)23-14-22(23)18-9-11-19(12-10-18)29-15-17-5-4-8-21(13-17)32-20-6-2-1-3-7-20/h1-13,22-23,29H,14-16H2,(H,30,31)/t22-,23+/m1/s1. The Hall–Kier alpha value is -3.48. The summed E-state index contributed by atoms with van der Waals surface area (Å²) in [6.45, 7) is -0.674. The molecule has 0 unspecified atom stereocenters. The smallest absolute Gasteiger partial charge is 0.405 e. The number of carbonyl (C=O) groups excluding carboxylic acids is 1. The molecule has 0 aromatic heterocycles. The number of hydrogen-bond acceptors (Lipinski definition) is 3. The quantitative estimate of drug-likeness (QED) is 0.460. The fourth-order valence-corrected chi connectivity index (χ4v) is 3.57. The maximum atomic E-state index is 12.3. The number of rotatable bonds is 8. The van der Waals surface area contributed by atoms with Crippen LogP contribution in [0.15, 0.2) is 78.9 Å². The van der Waals surface area contributed by atoms with Gasteiger partial charge in [-0.05, 0) is 59.9 Å². The minimum atomic E-state index is -4.39. The van der Waals surface area contributed by atoms with Gasteiger partial charge < -0.3 is 15.4 Å². The maximum Gasteiger partial charge on any atom is 0.405 e. The second-order valence-corrected chi connectivity index (χ2v) is 7.82. The van der Waals surface area contributed by atoms with E-state index in [1.165, 1.54) is 0 Å². The van der Waals surface area contributed by atoms with E-state index in [0.29, 0.717) is 13.0 Å². The first kappa shape index (κ1) is 21.7. The van der Waals surface area contributed by atoms with Crippen molar-refractivity contribution in [3.8, 4) is 11.5 Å². The summed E-state index contributed by atoms with van der Waals surface area (Å²) in [6, 6.07) is 25.1. The Morgan fingerprint density at radius 3 is 2.38 bits per heavy atom. The molecule has 1 fully saturated rings. The van der Waals surface area contributed by atoms with Crippen molar-refractivity contribution >= 4 is 11.6 Å². The Balaban J connectivity index is 1.28. The van der Waals surface area contributed by atoms with Crippen LogP contribution in [-0.2, 0) is 11.3 Å². The number of para-hydroxylation sites is 1. The number of amides is 1. The number of carbonyl (C=O) groups is 1. The van der Waals surface area contributed by atoms with E-state index in [1.54, 1.807) is 0 Å². The Labute approximate surface area is 184 Å². The molecular formula is C25H23F3N2O2. The van der Waals surface area contributed by atoms with E-state index >= 15 is 0 Å². The third-order valence-electron chi connectivity index (χ3n) is 5.30. The van der Waals surface area contributed by atoms with Crippen LogP contribution in [0.25, 0.3) is 0 Å². The van der Waals surface area contributed by atoms with Crippen LogP contribution in [0.1, 0.15) is 23.5 Å². The van der Waals surface area contributed by atoms with E-state index in [4.69, 9.17) is 4.74 Å². The van der Waals surface area contributed by atoms with Crippen molar-refractivity contribution < 1.29 is 22.7 Å². The predicted molar refractivity (Wildman–Crippen MR) is 117 cm³/mol. The number of benzene rings is 3. The molecular weight excluding hydrogens is 417 g/mol. The second kappa shape index (κ2) is 9.34. The van der Waals surface area contributed by atoms with Gasteiger partial charge in [0.1, 0.15) is 18.0 Å². The molecule has 0 aliphatic heterocycles. The fourth-order valence-electron chi connectivity index (χ4n) is 3.57. The van der Waals surface area contributed by atoms with Gasteiger partial charge in [0.05, 0.1) is 0 Å². The summed E-state index contributed by atoms with van der Waals surface area (Å²) >= 11 is 0. The molecule has 2 atom stereocenters. The summed E-state index contributed by atoms with van der Waals surface area (Å²) < 4.78 is 42.6. The second-order valence-electron chi connectivity index (χ2n) is 7.82. The molecule has 4 rings (SSSR count). The first-order chi connectivity index (χ1) is 15.4. The molecule has 166 valence electrons. The zero-order valence-electron chi connectivity index (χ0n) is 17.2. The Kier molecular flexibility index (Phi) is 6.35. The average molecular weight is 440 g/mol. The number of nitrogens with one attached hydrogen (secondary N) is 2. The molecule has 1 aliphatic rings. The lowest BCUT2D eigenvalue weighted by atomic mass is 10.1. The third kappa shape index (κ3) is 6.03. The largest absolute Gasteiger partial charge is 0.457 e. The van der Waals surface area contributed by atoms with Crippen LogP contribution < -0.4 is 15.4 Å². The molecule has 0 heterocycles. The molecule has 3 aromatic rings. The zero-order chi connectivity index (χ0) is 22.6. The molecule has 2 N–H and O–H groups in total. The van der Waals surface area contributed by atoms with E-state index in [9.17, 15) is 18.0 Å². The SMILES string of the molecule is O=C(NCC(F)(F)F)[C@H]1C[C@@H]1c1ccc(NCc2cccc(Oc3ccccc3)c2)cc1. The fraction of sp³-hybridized carbons (Fsp3) is 0.240. The van der Waals surface area contributed by atoms with Crippen LogP contribution in [0.3, 0.4) is 0 Å². The molecule has 3 aromatic carbocycles. The lowest BCUT2D eigenvalue weighted by Crippen LogP contribution is -2.34. The third-order valence-corrected chi connectivity index (χ3v) is 5.30. The number of hydrogen-bond donors (Lipinski definition) is 2. The number of halogens is 3. The molecule has 32 heavy (non-hydrogen) atoms. The van der Waals surface area contributed by atoms with E-state index in [2.05, 4.69) is 5.32 Å². The van der Waals surface area contributed by atoms with Gasteiger partial charge in [-0.3, -0.25) is 4.79 Å². The maximum absolute atomic E-state index is 12.3. The van der Waals surface area contributed by atoms with Crippen LogP contribution in [-0.4, -0.2) is 18.6 Å². The van der Waals surface area contributed by atoms with Gasteiger partial charge in [-0.15, -0.1) is 0 Å². The van der Waals surface area contributed by atoms with Crippen LogP contribution >= 0.6 is 0 Å². The molecule has 1 amide bonds. The summed E-state index contributed by atoms with van der Waals surface area (Å²) in [5.41, 5.74) is 2.94. The number of ether oxygens (including phenoxy) is 1. The van der Waals surface area contributed by atoms with Crippen molar-refractivity contribution in [2.75, 3.05) is 11.9 Å². The lowest BCUT2D eigenvalue weighted by Gasteiger charge is -2.10. The minimum Gasteiger partial charge on any atom is -0.457 e. The van der Waals surface area contributed by atoms with Gasteiger partial charge in [-0.25, -0.2) is 0 Å². The van der Waals surface area contributed by atoms with Crippen molar-refractivity contribution in [3.05, 3.63) is 90.0 Å². The highest BCUT2D eigenvalue weighted by molar-refractivity contribution is 5.83. The summed E-state index contributed by atoms with van der Waals surface area (Å²) in [5.74, 6) is 0.591. The van der Waals surface area contributed by atoms with E-state index in [1.807, 2.05) is 84.2 Å². The summed E-state index contributed by atoms with van der Waals surface area (Å²) in [7, 11) is 0. The monoisotopic (exact) mass is 440 g/mol. The van der Waals surface area contributed by atoms with Crippen LogP contribution in [0, 0.1) is 5.92 Å². The molecule has 4 nitrogen and oxygen atoms in total. The van der Waals surface area contributed by atoms with Crippen molar-refractivity contribution in [2.45, 2.75) is 25.1 Å². The topological polar surface area (TPSA) is 50.4 Å². The van der Waals surface area contributed by atoms with Crippen molar-refractivity contribution in [1.29, 1.82) is 0 Å². The Bertz CT molecular complexity index is 1050. The zero-order valence-corrected chi connectivity index (χ0v) is 17.2. The highest BCUT2D eigenvalue weighted by atomic mass is 19.4. The van der Waals surface area contributed by atoms with Crippen molar-refractivity contribution in [1.82, 2.24) is 5.32 Å². The molecule has 0 radical (unpaired) electrons. The molecule has 0 spiro atoms. The minimum absolute atomic E-state index is 0.0240. The molecule has 7 heteroatoms. The molecule has 1 saturated carbocycles. The van der Waals surface area contributed by atoms with Gasteiger partial charge in [0.25, 0.3) is 0 Å². The summed E-state index contributed by atoms with van der Waals surface area (Å²) in [6.07, 6.45) is -3.81. The summed E-state index contributed by atoms with van der Waals surface area (Å²) in [4.78, 5) is 11.9. The Morgan fingerprint density at radius 1 is 0.938 bits per heavy atom. The first-order valence-corrected chi connectivity index (χ1v) is 10.4. The predicted octanol–water partition coefficient (Wildman–Crippen LogP) is 5.87. The highest BCUT2D eigenvalue weighted by Gasteiger charge is 2.44. The number of alkyl halides is 3. The van der Waals surface area contributed by atoms with Gasteiger partial charge in [0.2, 0.25) is 5.91 Å². The van der Waals surface area contributed by atoms with Crippen molar-refractivity contribution in [2.24, 2.45) is 5.92 Å². The summed E-state index contributed by atoms with van der Waals surface area (Å²) in [5, 5.41) is 5.32. The van der Waals surface area contributed by atoms with Crippen LogP contribution in [0.4, 0.5) is 18.9 Å². The average Bonchev–Trinajstić information content (AvgIpc) is 3.58. The lowest BCUT2D eigenvalue weighted by molar-refractivity contribution is -0.139. The van der Waals surface area contributed by atoms with E-state index < -0.39 is 18.6 Å². The molecule has 0 saturated heterocycles. The van der Waals surface area contributed by atoms with Crippen LogP contribution in [0.5, 0.6) is 11.5 Å². The van der Waals surface area contributed by atoms with Gasteiger partial charge >= 0.3 is 6.18 Å². The first-order valence-electron chi connectivity index (χ1n) is 10.4. The Morgan fingerprint density at radius 2 is 1.66 bits per heavy atom. The van der Waals surface area contributed by atoms with Gasteiger partial charge in [-0.1, -0.05) is 42.5 Å². The van der Waals surface area contributed by atoms with Crippen LogP contribution in [0.2, 0.25) is 0 Å².